The molecule has 314 valence electrons. The monoisotopic (exact) mass is 854 g/mol. The number of benzene rings is 3. The fraction of sp³-hybridized carbons (Fsp3) is 0.302. The van der Waals surface area contributed by atoms with Gasteiger partial charge in [0, 0.05) is 49.1 Å². The second kappa shape index (κ2) is 16.2. The van der Waals surface area contributed by atoms with Crippen LogP contribution >= 0.6 is 11.3 Å². The Balaban J connectivity index is 1.09. The molecule has 18 heteroatoms. The minimum absolute atomic E-state index is 0.174. The molecule has 1 aliphatic heterocycles. The number of pyridine rings is 1. The standard InChI is InChI=1S/C43H39F5N10O2S/c1-22-6-8-27-34(14-22)58(55-38(27)39(47)48)21-36(59)50-33(17-23-15-25(44)19-26(45)16-23)37-28(24-7-9-30(46)29(18-24)40(49)60)20-35-41(53-37)54-43(61-35)57-12-10-56(11-13-57)42-51-31-4-2-3-5-32(31)52-42/h2-5,7,9,15-16,18-20,22,33,39H,6,8,10-14,17,21H2,1H3,(H2,49,60)(H,50,59)(H,51,52)/t22?,33-/m0/s1. The van der Waals surface area contributed by atoms with Crippen molar-refractivity contribution in [3.63, 3.8) is 0 Å². The number of hydrogen-bond donors (Lipinski definition) is 3. The summed E-state index contributed by atoms with van der Waals surface area (Å²) in [6.07, 6.45) is -1.41. The lowest BCUT2D eigenvalue weighted by atomic mass is 9.88. The van der Waals surface area contributed by atoms with Gasteiger partial charge in [-0.15, -0.1) is 0 Å². The van der Waals surface area contributed by atoms with Gasteiger partial charge in [0.1, 0.15) is 29.7 Å². The van der Waals surface area contributed by atoms with Crippen LogP contribution in [0.2, 0.25) is 0 Å². The van der Waals surface area contributed by atoms with E-state index in [1.807, 2.05) is 31.2 Å². The van der Waals surface area contributed by atoms with E-state index in [0.717, 1.165) is 41.2 Å². The van der Waals surface area contributed by atoms with Gasteiger partial charge >= 0.3 is 0 Å². The van der Waals surface area contributed by atoms with Gasteiger partial charge in [0.2, 0.25) is 11.9 Å². The minimum atomic E-state index is -2.83. The van der Waals surface area contributed by atoms with Crippen molar-refractivity contribution in [1.29, 1.82) is 0 Å². The lowest BCUT2D eigenvalue weighted by molar-refractivity contribution is -0.122. The largest absolute Gasteiger partial charge is 0.366 e. The first-order valence-electron chi connectivity index (χ1n) is 19.8. The van der Waals surface area contributed by atoms with Crippen LogP contribution in [0.1, 0.15) is 64.4 Å². The number of thiazole rings is 1. The van der Waals surface area contributed by atoms with Gasteiger partial charge in [-0.1, -0.05) is 36.5 Å². The van der Waals surface area contributed by atoms with Crippen LogP contribution in [-0.2, 0) is 30.6 Å². The molecule has 7 aromatic rings. The second-order valence-corrected chi connectivity index (χ2v) is 16.6. The summed E-state index contributed by atoms with van der Waals surface area (Å²) in [7, 11) is 0. The van der Waals surface area contributed by atoms with Gasteiger partial charge in [-0.25, -0.2) is 31.9 Å². The van der Waals surface area contributed by atoms with Crippen LogP contribution in [0.25, 0.3) is 32.5 Å². The van der Waals surface area contributed by atoms with Gasteiger partial charge in [0.25, 0.3) is 12.3 Å². The molecule has 0 spiro atoms. The normalized spacial score (nSPS) is 16.1. The molecule has 0 bridgehead atoms. The number of imidazole rings is 1. The fourth-order valence-corrected chi connectivity index (χ4v) is 9.32. The van der Waals surface area contributed by atoms with Crippen LogP contribution in [0.4, 0.5) is 33.0 Å². The molecule has 3 aromatic carbocycles. The zero-order valence-electron chi connectivity index (χ0n) is 32.8. The van der Waals surface area contributed by atoms with E-state index in [2.05, 4.69) is 25.2 Å². The number of carbonyl (C=O) groups is 2. The lowest BCUT2D eigenvalue weighted by Gasteiger charge is -2.34. The smallest absolute Gasteiger partial charge is 0.282 e. The van der Waals surface area contributed by atoms with Crippen molar-refractivity contribution in [3.8, 4) is 11.1 Å². The predicted molar refractivity (Wildman–Crippen MR) is 221 cm³/mol. The highest BCUT2D eigenvalue weighted by atomic mass is 32.1. The quantitative estimate of drug-likeness (QED) is 0.114. The number of anilines is 2. The molecule has 1 unspecified atom stereocenters. The highest BCUT2D eigenvalue weighted by molar-refractivity contribution is 7.22. The molecule has 2 aliphatic rings. The summed E-state index contributed by atoms with van der Waals surface area (Å²) in [5.74, 6) is -3.18. The van der Waals surface area contributed by atoms with Crippen LogP contribution in [0, 0.1) is 23.4 Å². The van der Waals surface area contributed by atoms with Crippen molar-refractivity contribution in [2.24, 2.45) is 11.7 Å². The fourth-order valence-electron chi connectivity index (χ4n) is 8.32. The zero-order chi connectivity index (χ0) is 42.5. The van der Waals surface area contributed by atoms with Gasteiger partial charge in [-0.2, -0.15) is 10.1 Å². The summed E-state index contributed by atoms with van der Waals surface area (Å²) in [6.45, 7) is 4.12. The maximum absolute atomic E-state index is 14.9. The number of amides is 2. The third-order valence-corrected chi connectivity index (χ3v) is 12.4. The number of carbonyl (C=O) groups excluding carboxylic acids is 2. The number of piperazine rings is 1. The molecular weight excluding hydrogens is 816 g/mol. The number of nitrogens with zero attached hydrogens (tertiary/aromatic N) is 7. The molecule has 9 rings (SSSR count). The third kappa shape index (κ3) is 8.11. The average Bonchev–Trinajstić information content (AvgIpc) is 3.95. The third-order valence-electron chi connectivity index (χ3n) is 11.3. The zero-order valence-corrected chi connectivity index (χ0v) is 33.6. The summed E-state index contributed by atoms with van der Waals surface area (Å²) in [5, 5.41) is 7.78. The molecule has 2 atom stereocenters. The molecule has 5 heterocycles. The Kier molecular flexibility index (Phi) is 10.6. The van der Waals surface area contributed by atoms with Gasteiger partial charge in [0.15, 0.2) is 10.8 Å². The number of H-pyrrole nitrogens is 1. The first-order valence-corrected chi connectivity index (χ1v) is 20.6. The van der Waals surface area contributed by atoms with Crippen molar-refractivity contribution >= 4 is 55.6 Å². The summed E-state index contributed by atoms with van der Waals surface area (Å²) >= 11 is 1.37. The molecule has 61 heavy (non-hydrogen) atoms. The van der Waals surface area contributed by atoms with Crippen molar-refractivity contribution < 1.29 is 31.5 Å². The summed E-state index contributed by atoms with van der Waals surface area (Å²) in [5.41, 5.74) is 9.03. The molecule has 1 aliphatic carbocycles. The number of rotatable bonds is 11. The van der Waals surface area contributed by atoms with E-state index in [9.17, 15) is 31.5 Å². The molecule has 0 saturated carbocycles. The summed E-state index contributed by atoms with van der Waals surface area (Å²) < 4.78 is 74.3. The highest BCUT2D eigenvalue weighted by Gasteiger charge is 2.31. The Morgan fingerprint density at radius 3 is 2.43 bits per heavy atom. The topological polar surface area (TPSA) is 151 Å². The van der Waals surface area contributed by atoms with Crippen LogP contribution < -0.4 is 20.9 Å². The summed E-state index contributed by atoms with van der Waals surface area (Å²) in [6, 6.07) is 15.3. The maximum atomic E-state index is 14.9. The van der Waals surface area contributed by atoms with Gasteiger partial charge < -0.3 is 25.8 Å². The van der Waals surface area contributed by atoms with Gasteiger partial charge in [0.05, 0.1) is 33.0 Å². The number of para-hydroxylation sites is 2. The van der Waals surface area contributed by atoms with E-state index in [0.29, 0.717) is 83.3 Å². The van der Waals surface area contributed by atoms with E-state index in [4.69, 9.17) is 20.7 Å². The number of aromatic nitrogens is 6. The van der Waals surface area contributed by atoms with E-state index in [-0.39, 0.29) is 34.9 Å². The van der Waals surface area contributed by atoms with E-state index in [1.54, 1.807) is 6.07 Å². The number of halogens is 5. The number of aromatic amines is 1. The Morgan fingerprint density at radius 1 is 0.934 bits per heavy atom. The molecule has 4 aromatic heterocycles. The Hall–Kier alpha value is -6.43. The molecule has 1 saturated heterocycles. The Morgan fingerprint density at radius 2 is 1.69 bits per heavy atom. The molecule has 2 amide bonds. The molecule has 4 N–H and O–H groups in total. The van der Waals surface area contributed by atoms with Crippen molar-refractivity contribution in [1.82, 2.24) is 35.0 Å². The maximum Gasteiger partial charge on any atom is 0.282 e. The van der Waals surface area contributed by atoms with E-state index in [1.165, 1.54) is 28.2 Å². The molecular formula is C43H39F5N10O2S. The van der Waals surface area contributed by atoms with Crippen LogP contribution in [0.3, 0.4) is 0 Å². The SMILES string of the molecule is CC1CCc2c(C(F)F)nn(CC(=O)N[C@@H](Cc3cc(F)cc(F)c3)c3nc4nc(N5CCN(c6nc7ccccc7[nH]6)CC5)sc4cc3-c3ccc(F)c(C(N)=O)c3)c2C1. The van der Waals surface area contributed by atoms with Crippen molar-refractivity contribution in [3.05, 3.63) is 118 Å². The average molecular weight is 855 g/mol. The molecule has 0 radical (unpaired) electrons. The predicted octanol–water partition coefficient (Wildman–Crippen LogP) is 7.44. The number of alkyl halides is 2. The first-order chi connectivity index (χ1) is 29.4. The Bertz CT molecular complexity index is 2760. The van der Waals surface area contributed by atoms with Crippen molar-refractivity contribution in [2.45, 2.75) is 51.6 Å². The minimum Gasteiger partial charge on any atom is -0.366 e. The number of nitrogens with one attached hydrogen (secondary N) is 2. The van der Waals surface area contributed by atoms with Crippen LogP contribution in [-0.4, -0.2) is 67.7 Å². The van der Waals surface area contributed by atoms with E-state index >= 15 is 0 Å². The van der Waals surface area contributed by atoms with Gasteiger partial charge in [-0.05, 0) is 85.2 Å². The summed E-state index contributed by atoms with van der Waals surface area (Å²) in [4.78, 5) is 48.7. The number of nitrogens with two attached hydrogens (primary N) is 1. The number of fused-ring (bicyclic) bond motifs is 3. The Labute approximate surface area is 349 Å². The van der Waals surface area contributed by atoms with Crippen LogP contribution in [0.5, 0.6) is 0 Å². The molecule has 12 nitrogen and oxygen atoms in total. The van der Waals surface area contributed by atoms with E-state index < -0.39 is 48.3 Å². The highest BCUT2D eigenvalue weighted by Crippen LogP contribution is 2.38. The van der Waals surface area contributed by atoms with Gasteiger partial charge in [-0.3, -0.25) is 14.3 Å². The second-order valence-electron chi connectivity index (χ2n) is 15.6. The number of hydrogen-bond acceptors (Lipinski definition) is 9. The van der Waals surface area contributed by atoms with Crippen molar-refractivity contribution in [2.75, 3.05) is 36.0 Å². The first kappa shape index (κ1) is 40.0. The molecule has 1 fully saturated rings. The number of primary amides is 1. The van der Waals surface area contributed by atoms with Crippen LogP contribution in [0.15, 0.2) is 66.7 Å². The lowest BCUT2D eigenvalue weighted by Crippen LogP contribution is -2.46.